The van der Waals surface area contributed by atoms with E-state index in [4.69, 9.17) is 9.47 Å². The van der Waals surface area contributed by atoms with Gasteiger partial charge in [-0.15, -0.1) is 0 Å². The zero-order valence-corrected chi connectivity index (χ0v) is 17.7. The molecule has 1 aromatic carbocycles. The number of carbonyl (C=O) groups is 1. The third-order valence-electron chi connectivity index (χ3n) is 5.78. The first-order valence-electron chi connectivity index (χ1n) is 9.80. The van der Waals surface area contributed by atoms with Crippen molar-refractivity contribution >= 4 is 22.8 Å². The number of nitrogens with one attached hydrogen (secondary N) is 2. The number of aromatic nitrogens is 3. The van der Waals surface area contributed by atoms with Gasteiger partial charge < -0.3 is 24.7 Å². The van der Waals surface area contributed by atoms with E-state index in [0.717, 1.165) is 42.0 Å². The minimum atomic E-state index is -4.89. The summed E-state index contributed by atoms with van der Waals surface area (Å²) in [5.74, 6) is -4.26. The second-order valence-corrected chi connectivity index (χ2v) is 7.59. The second kappa shape index (κ2) is 8.27. The van der Waals surface area contributed by atoms with Crippen LogP contribution in [0.25, 0.3) is 5.52 Å². The van der Waals surface area contributed by atoms with Crippen LogP contribution >= 0.6 is 0 Å². The molecule has 1 fully saturated rings. The molecule has 14 heteroatoms. The summed E-state index contributed by atoms with van der Waals surface area (Å²) >= 11 is 0. The molecule has 0 saturated carbocycles. The van der Waals surface area contributed by atoms with Gasteiger partial charge in [-0.2, -0.15) is 27.2 Å². The van der Waals surface area contributed by atoms with E-state index in [1.807, 2.05) is 0 Å². The zero-order chi connectivity index (χ0) is 24.8. The minimum Gasteiger partial charge on any atom is -0.491 e. The van der Waals surface area contributed by atoms with E-state index in [1.165, 1.54) is 12.3 Å². The van der Waals surface area contributed by atoms with Gasteiger partial charge in [0.1, 0.15) is 6.04 Å². The van der Waals surface area contributed by atoms with Crippen LogP contribution in [0, 0.1) is 11.6 Å². The van der Waals surface area contributed by atoms with E-state index in [-0.39, 0.29) is 16.9 Å². The van der Waals surface area contributed by atoms with Crippen molar-refractivity contribution in [1.82, 2.24) is 14.6 Å². The molecule has 0 unspecified atom stereocenters. The fourth-order valence-electron chi connectivity index (χ4n) is 4.02. The van der Waals surface area contributed by atoms with Crippen molar-refractivity contribution in [1.29, 1.82) is 0 Å². The summed E-state index contributed by atoms with van der Waals surface area (Å²) in [6, 6.07) is 1.65. The Hall–Kier alpha value is -3.68. The molecule has 2 N–H and O–H groups in total. The molecule has 4 rings (SSSR count). The van der Waals surface area contributed by atoms with Crippen LogP contribution < -0.4 is 20.6 Å². The summed E-state index contributed by atoms with van der Waals surface area (Å²) in [5, 5.41) is 6.30. The monoisotopic (exact) mass is 487 g/mol. The summed E-state index contributed by atoms with van der Waals surface area (Å²) in [6.07, 6.45) is -3.27. The molecule has 0 aliphatic carbocycles. The first kappa shape index (κ1) is 23.5. The number of nitrogens with zero attached hydrogens (tertiary/aromatic N) is 3. The normalized spacial score (nSPS) is 20.7. The lowest BCUT2D eigenvalue weighted by atomic mass is 9.99. The fraction of sp³-hybridized carbons (Fsp3) is 0.350. The summed E-state index contributed by atoms with van der Waals surface area (Å²) in [4.78, 5) is 28.4. The molecule has 0 spiro atoms. The quantitative estimate of drug-likeness (QED) is 0.537. The van der Waals surface area contributed by atoms with Crippen LogP contribution in [0.5, 0.6) is 5.75 Å². The van der Waals surface area contributed by atoms with Crippen molar-refractivity contribution in [3.8, 4) is 5.75 Å². The Bertz CT molecular complexity index is 1310. The summed E-state index contributed by atoms with van der Waals surface area (Å²) in [6.45, 7) is -0.888. The molecule has 1 aliphatic heterocycles. The topological polar surface area (TPSA) is 101 Å². The average Bonchev–Trinajstić information content (AvgIpc) is 3.39. The summed E-state index contributed by atoms with van der Waals surface area (Å²) in [7, 11) is 1.88. The molecule has 2 aromatic heterocycles. The Kier molecular flexibility index (Phi) is 5.71. The highest BCUT2D eigenvalue weighted by atomic mass is 19.4. The number of anilines is 2. The van der Waals surface area contributed by atoms with E-state index in [1.54, 1.807) is 0 Å². The highest BCUT2D eigenvalue weighted by Gasteiger charge is 2.63. The standard InChI is InChI=1S/C20H18F5N5O4/c1-33-16-13(4-3-10(21)15(16)22)29-9-19(34-2,20(23,24)25)7-14(29)17(31)28-11-8-27-30-12(11)5-6-26-18(30)32/h3-6,8,14H,7,9H2,1-2H3,(H,26,32)(H,28,31)/t14-,19-/m0/s1. The molecule has 1 amide bonds. The first-order chi connectivity index (χ1) is 16.0. The number of benzene rings is 1. The molecular weight excluding hydrogens is 469 g/mol. The minimum absolute atomic E-state index is 0.0650. The SMILES string of the molecule is COc1c(N2C[C@](OC)(C(F)(F)F)C[C@H]2C(=O)Nc2cnn3c(=O)[nH]ccc23)ccc(F)c1F. The van der Waals surface area contributed by atoms with Crippen LogP contribution in [0.2, 0.25) is 0 Å². The molecule has 3 heterocycles. The van der Waals surface area contributed by atoms with E-state index in [9.17, 15) is 31.5 Å². The second-order valence-electron chi connectivity index (χ2n) is 7.59. The molecule has 34 heavy (non-hydrogen) atoms. The number of H-pyrrole nitrogens is 1. The van der Waals surface area contributed by atoms with E-state index >= 15 is 0 Å². The highest BCUT2D eigenvalue weighted by Crippen LogP contribution is 2.47. The zero-order valence-electron chi connectivity index (χ0n) is 17.7. The van der Waals surface area contributed by atoms with Gasteiger partial charge in [0.05, 0.1) is 36.7 Å². The average molecular weight is 487 g/mol. The molecular formula is C20H18F5N5O4. The van der Waals surface area contributed by atoms with Crippen molar-refractivity contribution in [3.05, 3.63) is 52.7 Å². The number of hydrogen-bond acceptors (Lipinski definition) is 6. The van der Waals surface area contributed by atoms with Gasteiger partial charge >= 0.3 is 11.9 Å². The molecule has 0 bridgehead atoms. The number of alkyl halides is 3. The number of methoxy groups -OCH3 is 2. The third-order valence-corrected chi connectivity index (χ3v) is 5.78. The predicted molar refractivity (Wildman–Crippen MR) is 109 cm³/mol. The van der Waals surface area contributed by atoms with Crippen molar-refractivity contribution < 1.29 is 36.2 Å². The van der Waals surface area contributed by atoms with Crippen LogP contribution in [0.1, 0.15) is 6.42 Å². The molecule has 9 nitrogen and oxygen atoms in total. The number of halogens is 5. The molecule has 1 saturated heterocycles. The lowest BCUT2D eigenvalue weighted by Crippen LogP contribution is -2.49. The van der Waals surface area contributed by atoms with Gasteiger partial charge in [0.2, 0.25) is 11.7 Å². The lowest BCUT2D eigenvalue weighted by Gasteiger charge is -2.31. The van der Waals surface area contributed by atoms with Gasteiger partial charge in [-0.3, -0.25) is 4.79 Å². The number of hydrogen-bond donors (Lipinski definition) is 2. The third kappa shape index (κ3) is 3.63. The van der Waals surface area contributed by atoms with Crippen molar-refractivity contribution in [2.45, 2.75) is 24.2 Å². The Balaban J connectivity index is 1.77. The maximum absolute atomic E-state index is 14.3. The van der Waals surface area contributed by atoms with Gasteiger partial charge in [0.15, 0.2) is 17.2 Å². The Labute approximate surface area is 188 Å². The van der Waals surface area contributed by atoms with Gasteiger partial charge in [-0.05, 0) is 18.2 Å². The molecule has 3 aromatic rings. The van der Waals surface area contributed by atoms with Gasteiger partial charge in [-0.1, -0.05) is 0 Å². The number of carbonyl (C=O) groups excluding carboxylic acids is 1. The number of fused-ring (bicyclic) bond motifs is 1. The van der Waals surface area contributed by atoms with Crippen LogP contribution in [-0.4, -0.2) is 59.1 Å². The Morgan fingerprint density at radius 2 is 2.00 bits per heavy atom. The summed E-state index contributed by atoms with van der Waals surface area (Å²) < 4.78 is 80.8. The van der Waals surface area contributed by atoms with Crippen molar-refractivity contribution in [2.24, 2.45) is 0 Å². The number of aromatic amines is 1. The van der Waals surface area contributed by atoms with E-state index in [0.29, 0.717) is 0 Å². The van der Waals surface area contributed by atoms with Gasteiger partial charge in [0.25, 0.3) is 0 Å². The van der Waals surface area contributed by atoms with Crippen LogP contribution in [0.15, 0.2) is 35.4 Å². The van der Waals surface area contributed by atoms with Crippen LogP contribution in [0.3, 0.4) is 0 Å². The highest BCUT2D eigenvalue weighted by molar-refractivity contribution is 6.00. The molecule has 0 radical (unpaired) electrons. The van der Waals surface area contributed by atoms with Crippen molar-refractivity contribution in [2.75, 3.05) is 31.0 Å². The largest absolute Gasteiger partial charge is 0.491 e. The number of rotatable bonds is 5. The van der Waals surface area contributed by atoms with Gasteiger partial charge in [-0.25, -0.2) is 9.18 Å². The Morgan fingerprint density at radius 3 is 2.65 bits per heavy atom. The van der Waals surface area contributed by atoms with Crippen LogP contribution in [-0.2, 0) is 9.53 Å². The lowest BCUT2D eigenvalue weighted by molar-refractivity contribution is -0.261. The van der Waals surface area contributed by atoms with Crippen LogP contribution in [0.4, 0.5) is 33.3 Å². The maximum Gasteiger partial charge on any atom is 0.419 e. The van der Waals surface area contributed by atoms with Crippen molar-refractivity contribution in [3.63, 3.8) is 0 Å². The molecule has 1 aliphatic rings. The smallest absolute Gasteiger partial charge is 0.419 e. The number of ether oxygens (including phenoxy) is 2. The maximum atomic E-state index is 14.3. The Morgan fingerprint density at radius 1 is 1.26 bits per heavy atom. The van der Waals surface area contributed by atoms with E-state index in [2.05, 4.69) is 15.4 Å². The molecule has 182 valence electrons. The van der Waals surface area contributed by atoms with Gasteiger partial charge in [0, 0.05) is 19.7 Å². The fourth-order valence-corrected chi connectivity index (χ4v) is 4.02. The first-order valence-corrected chi connectivity index (χ1v) is 9.80. The van der Waals surface area contributed by atoms with E-state index < -0.39 is 59.8 Å². The molecule has 2 atom stereocenters. The summed E-state index contributed by atoms with van der Waals surface area (Å²) in [5.41, 5.74) is -3.37. The predicted octanol–water partition coefficient (Wildman–Crippen LogP) is 2.47. The number of amides is 1.